The maximum Gasteiger partial charge on any atom is 0.317 e. The van der Waals surface area contributed by atoms with Crippen LogP contribution >= 0.6 is 0 Å². The number of piperidine rings is 1. The fourth-order valence-corrected chi connectivity index (χ4v) is 2.06. The Morgan fingerprint density at radius 2 is 2.18 bits per heavy atom. The summed E-state index contributed by atoms with van der Waals surface area (Å²) in [4.78, 5) is 25.1. The Labute approximate surface area is 103 Å². The highest BCUT2D eigenvalue weighted by atomic mass is 16.2. The lowest BCUT2D eigenvalue weighted by molar-refractivity contribution is -0.125. The maximum absolute atomic E-state index is 11.8. The molecule has 98 valence electrons. The fraction of sp³-hybridized carbons (Fsp3) is 0.833. The Bertz CT molecular complexity index is 268. The van der Waals surface area contributed by atoms with Gasteiger partial charge in [-0.15, -0.1) is 0 Å². The Balaban J connectivity index is 2.37. The van der Waals surface area contributed by atoms with Gasteiger partial charge in [-0.05, 0) is 19.3 Å². The van der Waals surface area contributed by atoms with Gasteiger partial charge in [0, 0.05) is 26.7 Å². The van der Waals surface area contributed by atoms with Crippen LogP contribution in [-0.2, 0) is 4.79 Å². The molecule has 0 radical (unpaired) electrons. The summed E-state index contributed by atoms with van der Waals surface area (Å²) in [6, 6.07) is -0.0351. The molecule has 0 bridgehead atoms. The van der Waals surface area contributed by atoms with E-state index in [9.17, 15) is 9.59 Å². The number of nitrogens with zero attached hydrogens (tertiary/aromatic N) is 1. The van der Waals surface area contributed by atoms with Gasteiger partial charge in [0.25, 0.3) is 0 Å². The van der Waals surface area contributed by atoms with Crippen LogP contribution in [0.5, 0.6) is 0 Å². The van der Waals surface area contributed by atoms with Crippen molar-refractivity contribution in [1.29, 1.82) is 0 Å². The summed E-state index contributed by atoms with van der Waals surface area (Å²) in [5.41, 5.74) is 0. The zero-order chi connectivity index (χ0) is 12.7. The smallest absolute Gasteiger partial charge is 0.317 e. The number of unbranched alkanes of at least 4 members (excludes halogenated alkanes) is 1. The molecular formula is C12H23N3O2. The molecule has 1 aliphatic rings. The van der Waals surface area contributed by atoms with Gasteiger partial charge in [0.15, 0.2) is 0 Å². The van der Waals surface area contributed by atoms with Crippen molar-refractivity contribution in [1.82, 2.24) is 15.5 Å². The van der Waals surface area contributed by atoms with E-state index in [4.69, 9.17) is 0 Å². The average molecular weight is 241 g/mol. The largest absolute Gasteiger partial charge is 0.359 e. The van der Waals surface area contributed by atoms with Crippen molar-refractivity contribution < 1.29 is 9.59 Å². The van der Waals surface area contributed by atoms with Gasteiger partial charge in [0.1, 0.15) is 0 Å². The highest BCUT2D eigenvalue weighted by molar-refractivity contribution is 5.80. The number of carbonyl (C=O) groups excluding carboxylic acids is 2. The predicted molar refractivity (Wildman–Crippen MR) is 66.7 cm³/mol. The first-order valence-electron chi connectivity index (χ1n) is 6.43. The van der Waals surface area contributed by atoms with Crippen molar-refractivity contribution >= 4 is 11.9 Å². The standard InChI is InChI=1S/C12H23N3O2/c1-3-4-7-14-12(17)15-8-5-6-10(9-15)11(16)13-2/h10H,3-9H2,1-2H3,(H,13,16)(H,14,17). The van der Waals surface area contributed by atoms with E-state index in [-0.39, 0.29) is 17.9 Å². The molecule has 0 aromatic heterocycles. The highest BCUT2D eigenvalue weighted by Crippen LogP contribution is 2.16. The minimum Gasteiger partial charge on any atom is -0.359 e. The molecule has 1 unspecified atom stereocenters. The van der Waals surface area contributed by atoms with Crippen LogP contribution in [0.2, 0.25) is 0 Å². The topological polar surface area (TPSA) is 61.4 Å². The third-order valence-electron chi connectivity index (χ3n) is 3.13. The van der Waals surface area contributed by atoms with Crippen LogP contribution in [0, 0.1) is 5.92 Å². The Morgan fingerprint density at radius 1 is 1.41 bits per heavy atom. The molecule has 17 heavy (non-hydrogen) atoms. The number of rotatable bonds is 4. The summed E-state index contributed by atoms with van der Waals surface area (Å²) in [5, 5.41) is 5.54. The number of hydrogen-bond acceptors (Lipinski definition) is 2. The summed E-state index contributed by atoms with van der Waals surface area (Å²) in [6.45, 7) is 4.11. The minimum absolute atomic E-state index is 0.0351. The SMILES string of the molecule is CCCCNC(=O)N1CCCC(C(=O)NC)C1. The Kier molecular flexibility index (Phi) is 5.80. The molecule has 1 heterocycles. The first-order valence-corrected chi connectivity index (χ1v) is 6.43. The van der Waals surface area contributed by atoms with Gasteiger partial charge >= 0.3 is 6.03 Å². The number of amides is 3. The zero-order valence-electron chi connectivity index (χ0n) is 10.8. The van der Waals surface area contributed by atoms with E-state index in [1.165, 1.54) is 0 Å². The van der Waals surface area contributed by atoms with Gasteiger partial charge in [0.2, 0.25) is 5.91 Å². The first-order chi connectivity index (χ1) is 8.19. The van der Waals surface area contributed by atoms with Crippen LogP contribution in [0.25, 0.3) is 0 Å². The highest BCUT2D eigenvalue weighted by Gasteiger charge is 2.27. The molecule has 1 atom stereocenters. The predicted octanol–water partition coefficient (Wildman–Crippen LogP) is 0.954. The molecule has 1 aliphatic heterocycles. The number of nitrogens with one attached hydrogen (secondary N) is 2. The molecule has 0 aromatic rings. The normalized spacial score (nSPS) is 19.9. The lowest BCUT2D eigenvalue weighted by atomic mass is 9.97. The van der Waals surface area contributed by atoms with Crippen molar-refractivity contribution in [3.8, 4) is 0 Å². The molecule has 0 spiro atoms. The Morgan fingerprint density at radius 3 is 2.82 bits per heavy atom. The molecule has 1 rings (SSSR count). The molecule has 0 aliphatic carbocycles. The van der Waals surface area contributed by atoms with Crippen LogP contribution in [0.4, 0.5) is 4.79 Å². The van der Waals surface area contributed by atoms with Gasteiger partial charge in [-0.25, -0.2) is 4.79 Å². The molecular weight excluding hydrogens is 218 g/mol. The molecule has 0 saturated carbocycles. The number of hydrogen-bond donors (Lipinski definition) is 2. The second-order valence-corrected chi connectivity index (χ2v) is 4.48. The molecule has 2 N–H and O–H groups in total. The number of likely N-dealkylation sites (tertiary alicyclic amines) is 1. The van der Waals surface area contributed by atoms with Gasteiger partial charge in [-0.1, -0.05) is 13.3 Å². The van der Waals surface area contributed by atoms with Gasteiger partial charge < -0.3 is 15.5 Å². The molecule has 5 heteroatoms. The molecule has 0 aromatic carbocycles. The lowest BCUT2D eigenvalue weighted by Gasteiger charge is -2.31. The monoisotopic (exact) mass is 241 g/mol. The average Bonchev–Trinajstić information content (AvgIpc) is 2.38. The summed E-state index contributed by atoms with van der Waals surface area (Å²) in [7, 11) is 1.64. The minimum atomic E-state index is -0.0503. The van der Waals surface area contributed by atoms with Crippen LogP contribution in [0.3, 0.4) is 0 Å². The van der Waals surface area contributed by atoms with Crippen LogP contribution in [-0.4, -0.2) is 43.5 Å². The van der Waals surface area contributed by atoms with Crippen LogP contribution < -0.4 is 10.6 Å². The second kappa shape index (κ2) is 7.14. The van der Waals surface area contributed by atoms with Gasteiger partial charge in [-0.3, -0.25) is 4.79 Å². The van der Waals surface area contributed by atoms with Crippen molar-refractivity contribution in [2.45, 2.75) is 32.6 Å². The van der Waals surface area contributed by atoms with Crippen LogP contribution in [0.15, 0.2) is 0 Å². The quantitative estimate of drug-likeness (QED) is 0.720. The van der Waals surface area contributed by atoms with E-state index in [1.54, 1.807) is 11.9 Å². The van der Waals surface area contributed by atoms with E-state index in [0.29, 0.717) is 6.54 Å². The number of carbonyl (C=O) groups is 2. The first kappa shape index (κ1) is 13.8. The van der Waals surface area contributed by atoms with E-state index in [1.807, 2.05) is 0 Å². The van der Waals surface area contributed by atoms with Crippen molar-refractivity contribution in [2.24, 2.45) is 5.92 Å². The Hall–Kier alpha value is -1.26. The summed E-state index contributed by atoms with van der Waals surface area (Å²) < 4.78 is 0. The number of urea groups is 1. The molecule has 3 amide bonds. The van der Waals surface area contributed by atoms with Crippen molar-refractivity contribution in [3.05, 3.63) is 0 Å². The maximum atomic E-state index is 11.8. The van der Waals surface area contributed by atoms with Gasteiger partial charge in [0.05, 0.1) is 5.92 Å². The lowest BCUT2D eigenvalue weighted by Crippen LogP contribution is -2.48. The van der Waals surface area contributed by atoms with E-state index in [0.717, 1.165) is 38.8 Å². The van der Waals surface area contributed by atoms with Crippen molar-refractivity contribution in [3.63, 3.8) is 0 Å². The van der Waals surface area contributed by atoms with Crippen molar-refractivity contribution in [2.75, 3.05) is 26.7 Å². The van der Waals surface area contributed by atoms with E-state index >= 15 is 0 Å². The van der Waals surface area contributed by atoms with Crippen LogP contribution in [0.1, 0.15) is 32.6 Å². The van der Waals surface area contributed by atoms with E-state index < -0.39 is 0 Å². The second-order valence-electron chi connectivity index (χ2n) is 4.48. The molecule has 1 saturated heterocycles. The van der Waals surface area contributed by atoms with E-state index in [2.05, 4.69) is 17.6 Å². The third kappa shape index (κ3) is 4.24. The molecule has 1 fully saturated rings. The summed E-state index contributed by atoms with van der Waals surface area (Å²) in [6.07, 6.45) is 3.84. The zero-order valence-corrected chi connectivity index (χ0v) is 10.8. The summed E-state index contributed by atoms with van der Waals surface area (Å²) >= 11 is 0. The fourth-order valence-electron chi connectivity index (χ4n) is 2.06. The van der Waals surface area contributed by atoms with Gasteiger partial charge in [-0.2, -0.15) is 0 Å². The third-order valence-corrected chi connectivity index (χ3v) is 3.13. The summed E-state index contributed by atoms with van der Waals surface area (Å²) in [5.74, 6) is -0.0123. The molecule has 5 nitrogen and oxygen atoms in total.